The number of hydrogen-bond donors (Lipinski definition) is 0. The largest absolute Gasteiger partial charge is 0.570 e. The second-order valence-electron chi connectivity index (χ2n) is 0.609. The molecule has 0 aliphatic carbocycles. The molecule has 0 fully saturated rings. The van der Waals surface area contributed by atoms with Gasteiger partial charge in [0.25, 0.3) is 0 Å². The third-order valence-corrected chi connectivity index (χ3v) is 0.232. The van der Waals surface area contributed by atoms with Crippen LogP contribution in [0.25, 0.3) is 0 Å². The molecule has 8 heavy (non-hydrogen) atoms. The zero-order valence-corrected chi connectivity index (χ0v) is 3.70. The fraction of sp³-hybridized carbons (Fsp3) is 0. The minimum atomic E-state index is -1.28. The van der Waals surface area contributed by atoms with Crippen molar-refractivity contribution in [1.29, 1.82) is 0 Å². The van der Waals surface area contributed by atoms with Crippen LogP contribution in [0.1, 0.15) is 0 Å². The molecule has 0 saturated heterocycles. The maximum absolute atomic E-state index is 9.79. The molecule has 0 atom stereocenters. The van der Waals surface area contributed by atoms with Crippen molar-refractivity contribution in [3.63, 3.8) is 0 Å². The van der Waals surface area contributed by atoms with E-state index >= 15 is 0 Å². The van der Waals surface area contributed by atoms with E-state index in [9.17, 15) is 4.79 Å². The van der Waals surface area contributed by atoms with Crippen LogP contribution < -0.4 is 0 Å². The molecule has 0 aromatic heterocycles. The molecular weight excluding hydrogens is 114 g/mol. The first-order chi connectivity index (χ1) is 3.81. The zero-order chi connectivity index (χ0) is 6.41. The van der Waals surface area contributed by atoms with Crippen LogP contribution in [-0.2, 0) is 19.4 Å². The summed E-state index contributed by atoms with van der Waals surface area (Å²) in [5.74, 6) is 0. The van der Waals surface area contributed by atoms with E-state index in [2.05, 4.69) is 35.5 Å². The molecular formula is CB2O5. The van der Waals surface area contributed by atoms with Crippen molar-refractivity contribution in [3.05, 3.63) is 0 Å². The fourth-order valence-electron chi connectivity index (χ4n) is 0.0925. The Balaban J connectivity index is 3.06. The summed E-state index contributed by atoms with van der Waals surface area (Å²) in [6.07, 6.45) is -1.28. The molecule has 0 N–H and O–H groups in total. The van der Waals surface area contributed by atoms with Crippen LogP contribution in [0.15, 0.2) is 0 Å². The molecule has 40 valence electrons. The van der Waals surface area contributed by atoms with Crippen LogP contribution in [0.5, 0.6) is 0 Å². The van der Waals surface area contributed by atoms with Gasteiger partial charge in [-0.3, -0.25) is 19.4 Å². The Morgan fingerprint density at radius 3 is 1.75 bits per heavy atom. The molecule has 7 heteroatoms. The van der Waals surface area contributed by atoms with Gasteiger partial charge in [0.15, 0.2) is 0 Å². The van der Waals surface area contributed by atoms with Gasteiger partial charge in [-0.1, -0.05) is 0 Å². The van der Waals surface area contributed by atoms with E-state index < -0.39 is 6.16 Å². The van der Waals surface area contributed by atoms with E-state index in [1.54, 1.807) is 0 Å². The van der Waals surface area contributed by atoms with Crippen LogP contribution in [-0.4, -0.2) is 22.3 Å². The van der Waals surface area contributed by atoms with E-state index in [-0.39, 0.29) is 0 Å². The molecule has 0 saturated carbocycles. The predicted molar refractivity (Wildman–Crippen MR) is 21.2 cm³/mol. The number of carbonyl (C=O) groups excluding carboxylic acids is 1. The van der Waals surface area contributed by atoms with Gasteiger partial charge in [0, 0.05) is 0 Å². The maximum atomic E-state index is 9.79. The summed E-state index contributed by atoms with van der Waals surface area (Å²) < 4.78 is 0. The third-order valence-electron chi connectivity index (χ3n) is 0.232. The third kappa shape index (κ3) is 3.51. The molecule has 0 amide bonds. The Bertz CT molecular complexity index is 64.8. The number of rotatable bonds is 2. The average molecular weight is 114 g/mol. The summed E-state index contributed by atoms with van der Waals surface area (Å²) in [7, 11) is 8.48. The molecule has 0 spiro atoms. The summed E-state index contributed by atoms with van der Waals surface area (Å²) in [4.78, 5) is 23.5. The molecule has 0 rings (SSSR count). The van der Waals surface area contributed by atoms with Gasteiger partial charge >= 0.3 is 22.3 Å². The van der Waals surface area contributed by atoms with Crippen LogP contribution in [0.3, 0.4) is 0 Å². The standard InChI is InChI=1S/CB2O5/c2-7-5-1(4)6-8-3. The quantitative estimate of drug-likeness (QED) is 0.266. The Kier molecular flexibility index (Phi) is 4.10. The summed E-state index contributed by atoms with van der Waals surface area (Å²) in [5, 5.41) is 0. The molecule has 4 radical (unpaired) electrons. The van der Waals surface area contributed by atoms with Gasteiger partial charge in [-0.2, -0.15) is 4.79 Å². The summed E-state index contributed by atoms with van der Waals surface area (Å²) >= 11 is 0. The molecule has 0 bridgehead atoms. The van der Waals surface area contributed by atoms with Crippen LogP contribution in [0, 0.1) is 0 Å². The van der Waals surface area contributed by atoms with Gasteiger partial charge in [-0.05, 0) is 0 Å². The maximum Gasteiger partial charge on any atom is 0.570 e. The Morgan fingerprint density at radius 1 is 1.12 bits per heavy atom. The van der Waals surface area contributed by atoms with Gasteiger partial charge < -0.3 is 0 Å². The van der Waals surface area contributed by atoms with Crippen molar-refractivity contribution < 1.29 is 24.2 Å². The molecule has 0 aromatic carbocycles. The van der Waals surface area contributed by atoms with Crippen molar-refractivity contribution >= 4 is 22.3 Å². The minimum Gasteiger partial charge on any atom is -0.276 e. The smallest absolute Gasteiger partial charge is 0.276 e. The lowest BCUT2D eigenvalue weighted by molar-refractivity contribution is -0.233. The normalized spacial score (nSPS) is 8.00. The molecule has 0 aliphatic heterocycles. The lowest BCUT2D eigenvalue weighted by Gasteiger charge is -1.96. The lowest BCUT2D eigenvalue weighted by atomic mass is 10.6. The SMILES string of the molecule is [B]OOC(=O)OO[B]. The molecule has 0 aliphatic rings. The van der Waals surface area contributed by atoms with Crippen molar-refractivity contribution in [2.24, 2.45) is 0 Å². The molecule has 0 unspecified atom stereocenters. The fourth-order valence-corrected chi connectivity index (χ4v) is 0.0925. The second-order valence-corrected chi connectivity index (χ2v) is 0.609. The van der Waals surface area contributed by atoms with Gasteiger partial charge in [0.1, 0.15) is 0 Å². The van der Waals surface area contributed by atoms with Gasteiger partial charge in [0.05, 0.1) is 0 Å². The summed E-state index contributed by atoms with van der Waals surface area (Å²) in [5.41, 5.74) is 0. The Labute approximate surface area is 47.6 Å². The van der Waals surface area contributed by atoms with E-state index in [1.165, 1.54) is 0 Å². The highest BCUT2D eigenvalue weighted by molar-refractivity contribution is 5.98. The zero-order valence-electron chi connectivity index (χ0n) is 3.70. The Morgan fingerprint density at radius 2 is 1.50 bits per heavy atom. The highest BCUT2D eigenvalue weighted by Gasteiger charge is 2.00. The lowest BCUT2D eigenvalue weighted by Crippen LogP contribution is -2.05. The van der Waals surface area contributed by atoms with Gasteiger partial charge in [0.2, 0.25) is 0 Å². The molecule has 5 nitrogen and oxygen atoms in total. The highest BCUT2D eigenvalue weighted by Crippen LogP contribution is 1.81. The molecule has 0 heterocycles. The van der Waals surface area contributed by atoms with E-state index in [0.717, 1.165) is 0 Å². The number of carbonyl (C=O) groups is 1. The van der Waals surface area contributed by atoms with Crippen LogP contribution >= 0.6 is 0 Å². The van der Waals surface area contributed by atoms with Crippen molar-refractivity contribution in [1.82, 2.24) is 0 Å². The van der Waals surface area contributed by atoms with Crippen LogP contribution in [0.2, 0.25) is 0 Å². The summed E-state index contributed by atoms with van der Waals surface area (Å²) in [6, 6.07) is 0. The second kappa shape index (κ2) is 4.48. The first kappa shape index (κ1) is 7.32. The van der Waals surface area contributed by atoms with E-state index in [4.69, 9.17) is 0 Å². The first-order valence-electron chi connectivity index (χ1n) is 1.42. The van der Waals surface area contributed by atoms with Gasteiger partial charge in [-0.25, -0.2) is 0 Å². The first-order valence-corrected chi connectivity index (χ1v) is 1.42. The minimum absolute atomic E-state index is 1.28. The monoisotopic (exact) mass is 114 g/mol. The highest BCUT2D eigenvalue weighted by atomic mass is 17.3. The van der Waals surface area contributed by atoms with Crippen molar-refractivity contribution in [3.8, 4) is 0 Å². The predicted octanol–water partition coefficient (Wildman–Crippen LogP) is -0.830. The van der Waals surface area contributed by atoms with Crippen molar-refractivity contribution in [2.75, 3.05) is 0 Å². The molecule has 0 aromatic rings. The van der Waals surface area contributed by atoms with E-state index in [0.29, 0.717) is 0 Å². The van der Waals surface area contributed by atoms with Crippen LogP contribution in [0.4, 0.5) is 4.79 Å². The average Bonchev–Trinajstić information content (AvgIpc) is 1.68. The topological polar surface area (TPSA) is 54.0 Å². The Hall–Kier alpha value is -0.680. The van der Waals surface area contributed by atoms with Crippen molar-refractivity contribution in [2.45, 2.75) is 0 Å². The van der Waals surface area contributed by atoms with Gasteiger partial charge in [-0.15, -0.1) is 0 Å². The summed E-state index contributed by atoms with van der Waals surface area (Å²) in [6.45, 7) is 0. The number of hydrogen-bond acceptors (Lipinski definition) is 5. The van der Waals surface area contributed by atoms with E-state index in [1.807, 2.05) is 0 Å².